The van der Waals surface area contributed by atoms with E-state index in [1.165, 1.54) is 25.7 Å². The second kappa shape index (κ2) is 13.1. The molecule has 1 unspecified atom stereocenters. The first-order chi connectivity index (χ1) is 22.0. The highest BCUT2D eigenvalue weighted by Gasteiger charge is 2.40. The summed E-state index contributed by atoms with van der Waals surface area (Å²) in [5, 5.41) is 6.76. The molecule has 2 saturated heterocycles. The number of fused-ring (bicyclic) bond motifs is 4. The van der Waals surface area contributed by atoms with Gasteiger partial charge in [0.05, 0.1) is 35.3 Å². The smallest absolute Gasteiger partial charge is 0.192 e. The molecule has 0 saturated carbocycles. The van der Waals surface area contributed by atoms with Crippen LogP contribution < -0.4 is 4.90 Å². The zero-order valence-electron chi connectivity index (χ0n) is 29.7. The van der Waals surface area contributed by atoms with Crippen LogP contribution in [0.25, 0.3) is 33.2 Å². The summed E-state index contributed by atoms with van der Waals surface area (Å²) in [6.45, 7) is 23.0. The Bertz CT molecular complexity index is 1740. The van der Waals surface area contributed by atoms with Gasteiger partial charge in [-0.05, 0) is 61.8 Å². The van der Waals surface area contributed by atoms with Crippen LogP contribution in [0.1, 0.15) is 53.4 Å². The number of hydrogen-bond acceptors (Lipinski definition) is 6. The molecule has 1 aromatic carbocycles. The molecular formula is C35H52Cl2N6O2Si2. The van der Waals surface area contributed by atoms with Gasteiger partial charge in [-0.1, -0.05) is 76.6 Å². The number of hydrogen-bond donors (Lipinski definition) is 0. The van der Waals surface area contributed by atoms with Crippen LogP contribution in [-0.4, -0.2) is 66.0 Å². The third-order valence-corrected chi connectivity index (χ3v) is 17.7. The van der Waals surface area contributed by atoms with Crippen molar-refractivity contribution < 1.29 is 9.16 Å². The van der Waals surface area contributed by atoms with Gasteiger partial charge in [-0.3, -0.25) is 4.68 Å². The second-order valence-corrected chi connectivity index (χ2v) is 27.7. The highest BCUT2D eigenvalue weighted by molar-refractivity contribution is 6.76. The van der Waals surface area contributed by atoms with Gasteiger partial charge in [0, 0.05) is 44.1 Å². The third-order valence-electron chi connectivity index (χ3n) is 10.7. The predicted molar refractivity (Wildman–Crippen MR) is 201 cm³/mol. The zero-order chi connectivity index (χ0) is 33.9. The number of nitrogens with zero attached hydrogens (tertiary/aromatic N) is 6. The minimum atomic E-state index is -1.88. The fourth-order valence-corrected chi connectivity index (χ4v) is 9.44. The van der Waals surface area contributed by atoms with E-state index in [2.05, 4.69) is 76.1 Å². The molecule has 6 rings (SSSR count). The van der Waals surface area contributed by atoms with Gasteiger partial charge >= 0.3 is 0 Å². The third kappa shape index (κ3) is 7.06. The summed E-state index contributed by atoms with van der Waals surface area (Å²) < 4.78 is 16.6. The molecule has 47 heavy (non-hydrogen) atoms. The summed E-state index contributed by atoms with van der Waals surface area (Å²) in [5.41, 5.74) is 4.17. The molecule has 0 aliphatic carbocycles. The monoisotopic (exact) mass is 714 g/mol. The Balaban J connectivity index is 1.34. The Labute approximate surface area is 292 Å². The molecular weight excluding hydrogens is 664 g/mol. The standard InChI is InChI=1S/C35H52Cl2N6O2Si2/c1-23-18-24-10-11-25(19-23)43(24)29-20-38-32-27(21-41(34(32)39-29)22-44-16-17-46(5,6)7)26-12-13-28-30(31(26)36)33(37)42(40-28)14-15-45-47(8,9)35(2,3)4/h12-13,20-21,23-25H,10-11,14-19,22H2,1-9H3/t23?,24-,25+. The molecule has 4 aromatic rings. The summed E-state index contributed by atoms with van der Waals surface area (Å²) in [7, 11) is -3.10. The van der Waals surface area contributed by atoms with E-state index in [0.29, 0.717) is 42.1 Å². The maximum absolute atomic E-state index is 7.21. The summed E-state index contributed by atoms with van der Waals surface area (Å²) in [6.07, 6.45) is 8.95. The van der Waals surface area contributed by atoms with Crippen LogP contribution in [0.3, 0.4) is 0 Å². The van der Waals surface area contributed by atoms with Crippen molar-refractivity contribution in [3.8, 4) is 11.1 Å². The van der Waals surface area contributed by atoms with Crippen LogP contribution in [0.4, 0.5) is 5.82 Å². The maximum Gasteiger partial charge on any atom is 0.192 e. The number of piperidine rings is 1. The lowest BCUT2D eigenvalue weighted by Crippen LogP contribution is -2.43. The van der Waals surface area contributed by atoms with Gasteiger partial charge < -0.3 is 18.6 Å². The van der Waals surface area contributed by atoms with Gasteiger partial charge in [0.1, 0.15) is 23.2 Å². The van der Waals surface area contributed by atoms with Gasteiger partial charge in [-0.15, -0.1) is 0 Å². The minimum Gasteiger partial charge on any atom is -0.415 e. The molecule has 8 nitrogen and oxygen atoms in total. The SMILES string of the molecule is CC1C[C@H]2CC[C@@H](C1)N2c1cnc2c(-c3ccc4nn(CCO[Si](C)(C)C(C)(C)C)c(Cl)c4c3Cl)cn(COCC[Si](C)(C)C)c2n1. The van der Waals surface area contributed by atoms with E-state index >= 15 is 0 Å². The van der Waals surface area contributed by atoms with Crippen molar-refractivity contribution in [3.05, 3.63) is 34.7 Å². The molecule has 0 radical (unpaired) electrons. The summed E-state index contributed by atoms with van der Waals surface area (Å²) in [6, 6.07) is 6.20. The van der Waals surface area contributed by atoms with Gasteiger partial charge in [0.15, 0.2) is 14.0 Å². The number of anilines is 1. The average Bonchev–Trinajstić information content (AvgIpc) is 3.59. The molecule has 2 fully saturated rings. The first-order valence-electron chi connectivity index (χ1n) is 17.2. The first kappa shape index (κ1) is 34.9. The van der Waals surface area contributed by atoms with E-state index in [-0.39, 0.29) is 5.04 Å². The Morgan fingerprint density at radius 1 is 0.979 bits per heavy atom. The van der Waals surface area contributed by atoms with Crippen molar-refractivity contribution >= 4 is 67.5 Å². The Morgan fingerprint density at radius 2 is 1.68 bits per heavy atom. The van der Waals surface area contributed by atoms with Crippen LogP contribution in [0.15, 0.2) is 24.5 Å². The summed E-state index contributed by atoms with van der Waals surface area (Å²) >= 11 is 14.2. The Hall–Kier alpha value is -1.96. The van der Waals surface area contributed by atoms with Crippen molar-refractivity contribution in [1.82, 2.24) is 24.3 Å². The van der Waals surface area contributed by atoms with E-state index < -0.39 is 16.4 Å². The van der Waals surface area contributed by atoms with Crippen molar-refractivity contribution in [2.45, 2.75) is 123 Å². The molecule has 0 spiro atoms. The molecule has 256 valence electrons. The van der Waals surface area contributed by atoms with Crippen molar-refractivity contribution in [2.24, 2.45) is 5.92 Å². The summed E-state index contributed by atoms with van der Waals surface area (Å²) in [5.74, 6) is 1.73. The maximum atomic E-state index is 7.21. The number of aromatic nitrogens is 5. The van der Waals surface area contributed by atoms with E-state index in [0.717, 1.165) is 57.6 Å². The largest absolute Gasteiger partial charge is 0.415 e. The molecule has 0 N–H and O–H groups in total. The lowest BCUT2D eigenvalue weighted by molar-refractivity contribution is 0.0899. The highest BCUT2D eigenvalue weighted by atomic mass is 35.5. The fourth-order valence-electron chi connectivity index (χ4n) is 6.93. The second-order valence-electron chi connectivity index (χ2n) is 16.6. The molecule has 3 atom stereocenters. The first-order valence-corrected chi connectivity index (χ1v) is 24.6. The van der Waals surface area contributed by atoms with Crippen molar-refractivity contribution in [2.75, 3.05) is 18.1 Å². The Kier molecular flexibility index (Phi) is 9.70. The van der Waals surface area contributed by atoms with Crippen molar-refractivity contribution in [1.29, 1.82) is 0 Å². The molecule has 5 heterocycles. The quantitative estimate of drug-likeness (QED) is 0.114. The predicted octanol–water partition coefficient (Wildman–Crippen LogP) is 9.86. The molecule has 12 heteroatoms. The van der Waals surface area contributed by atoms with E-state index in [1.54, 1.807) is 0 Å². The topological polar surface area (TPSA) is 70.2 Å². The number of rotatable bonds is 11. The molecule has 2 aliphatic heterocycles. The fraction of sp³-hybridized carbons (Fsp3) is 0.629. The van der Waals surface area contributed by atoms with Gasteiger partial charge in [-0.2, -0.15) is 5.10 Å². The number of halogens is 2. The average molecular weight is 716 g/mol. The highest BCUT2D eigenvalue weighted by Crippen LogP contribution is 2.43. The van der Waals surface area contributed by atoms with Gasteiger partial charge in [-0.25, -0.2) is 9.97 Å². The van der Waals surface area contributed by atoms with E-state index in [9.17, 15) is 0 Å². The van der Waals surface area contributed by atoms with Crippen LogP contribution in [0.2, 0.25) is 54.0 Å². The van der Waals surface area contributed by atoms with Crippen LogP contribution in [-0.2, 0) is 22.4 Å². The van der Waals surface area contributed by atoms with Gasteiger partial charge in [0.25, 0.3) is 0 Å². The molecule has 3 aromatic heterocycles. The van der Waals surface area contributed by atoms with Crippen LogP contribution in [0, 0.1) is 5.92 Å². The Morgan fingerprint density at radius 3 is 2.34 bits per heavy atom. The molecule has 2 bridgehead atoms. The molecule has 2 aliphatic rings. The lowest BCUT2D eigenvalue weighted by atomic mass is 9.92. The number of ether oxygens (including phenoxy) is 1. The summed E-state index contributed by atoms with van der Waals surface area (Å²) in [4.78, 5) is 12.9. The van der Waals surface area contributed by atoms with E-state index in [1.807, 2.05) is 23.0 Å². The minimum absolute atomic E-state index is 0.137. The van der Waals surface area contributed by atoms with E-state index in [4.69, 9.17) is 47.4 Å². The molecule has 0 amide bonds. The normalized spacial score (nSPS) is 20.7. The van der Waals surface area contributed by atoms with Crippen LogP contribution >= 0.6 is 23.2 Å². The van der Waals surface area contributed by atoms with Gasteiger partial charge in [0.2, 0.25) is 0 Å². The van der Waals surface area contributed by atoms with Crippen molar-refractivity contribution in [3.63, 3.8) is 0 Å². The lowest BCUT2D eigenvalue weighted by Gasteiger charge is -2.38. The zero-order valence-corrected chi connectivity index (χ0v) is 33.2. The van der Waals surface area contributed by atoms with Crippen LogP contribution in [0.5, 0.6) is 0 Å². The number of benzene rings is 1.